The number of hydrogen-bond donors (Lipinski definition) is 2. The summed E-state index contributed by atoms with van der Waals surface area (Å²) in [5.74, 6) is 4.45. The lowest BCUT2D eigenvalue weighted by Gasteiger charge is -2.16. The summed E-state index contributed by atoms with van der Waals surface area (Å²) >= 11 is 0. The van der Waals surface area contributed by atoms with Crippen LogP contribution in [-0.4, -0.2) is 28.8 Å². The van der Waals surface area contributed by atoms with Crippen LogP contribution in [0.3, 0.4) is 0 Å². The van der Waals surface area contributed by atoms with E-state index in [-0.39, 0.29) is 11.3 Å². The van der Waals surface area contributed by atoms with Gasteiger partial charge in [0.05, 0.1) is 16.7 Å². The second-order valence-corrected chi connectivity index (χ2v) is 5.42. The molecule has 1 aromatic rings. The van der Waals surface area contributed by atoms with Gasteiger partial charge in [-0.05, 0) is 17.9 Å². The lowest BCUT2D eigenvalue weighted by Crippen LogP contribution is -2.29. The highest BCUT2D eigenvalue weighted by Gasteiger charge is 2.33. The highest BCUT2D eigenvalue weighted by Crippen LogP contribution is 2.30. The Morgan fingerprint density at radius 3 is 2.48 bits per heavy atom. The second kappa shape index (κ2) is 5.65. The van der Waals surface area contributed by atoms with Crippen LogP contribution in [0.15, 0.2) is 12.1 Å². The molecule has 0 bridgehead atoms. The normalized spacial score (nSPS) is 21.4. The van der Waals surface area contributed by atoms with Crippen molar-refractivity contribution in [1.82, 2.24) is 4.90 Å². The Balaban J connectivity index is 2.42. The molecule has 7 nitrogen and oxygen atoms in total. The van der Waals surface area contributed by atoms with E-state index in [0.717, 1.165) is 6.07 Å². The number of nitro groups is 1. The highest BCUT2D eigenvalue weighted by molar-refractivity contribution is 5.99. The van der Waals surface area contributed by atoms with Crippen molar-refractivity contribution < 1.29 is 14.1 Å². The molecule has 3 N–H and O–H groups in total. The molecule has 1 saturated heterocycles. The minimum Gasteiger partial charge on any atom is -0.338 e. The fourth-order valence-electron chi connectivity index (χ4n) is 2.46. The molecule has 1 aliphatic rings. The standard InChI is InChI=1S/C13H17FN4O3/c1-7-5-17(6-8(7)2)13(19)9-3-11(16-15)10(14)4-12(9)18(20)21/h3-4,7-8,16H,5-6,15H2,1-2H3. The summed E-state index contributed by atoms with van der Waals surface area (Å²) in [7, 11) is 0. The first-order valence-electron chi connectivity index (χ1n) is 6.59. The smallest absolute Gasteiger partial charge is 0.285 e. The van der Waals surface area contributed by atoms with E-state index in [1.54, 1.807) is 4.90 Å². The minimum absolute atomic E-state index is 0.149. The van der Waals surface area contributed by atoms with Crippen molar-refractivity contribution in [3.8, 4) is 0 Å². The van der Waals surface area contributed by atoms with E-state index in [4.69, 9.17) is 5.84 Å². The molecule has 114 valence electrons. The Hall–Kier alpha value is -2.22. The third-order valence-electron chi connectivity index (χ3n) is 3.94. The van der Waals surface area contributed by atoms with Crippen molar-refractivity contribution in [3.05, 3.63) is 33.6 Å². The minimum atomic E-state index is -0.871. The number of carbonyl (C=O) groups is 1. The first kappa shape index (κ1) is 15.2. The SMILES string of the molecule is CC1CN(C(=O)c2cc(NN)c(F)cc2[N+](=O)[O-])CC1C. The summed E-state index contributed by atoms with van der Waals surface area (Å²) in [6.07, 6.45) is 0. The summed E-state index contributed by atoms with van der Waals surface area (Å²) in [6.45, 7) is 5.09. The number of nitrogens with one attached hydrogen (secondary N) is 1. The lowest BCUT2D eigenvalue weighted by atomic mass is 10.0. The van der Waals surface area contributed by atoms with Gasteiger partial charge in [-0.3, -0.25) is 20.8 Å². The Bertz CT molecular complexity index is 583. The van der Waals surface area contributed by atoms with Crippen molar-refractivity contribution in [1.29, 1.82) is 0 Å². The number of rotatable bonds is 3. The zero-order valence-electron chi connectivity index (χ0n) is 11.8. The predicted molar refractivity (Wildman–Crippen MR) is 75.1 cm³/mol. The maximum Gasteiger partial charge on any atom is 0.285 e. The fourth-order valence-corrected chi connectivity index (χ4v) is 2.46. The van der Waals surface area contributed by atoms with Gasteiger partial charge >= 0.3 is 0 Å². The van der Waals surface area contributed by atoms with Crippen LogP contribution in [0.25, 0.3) is 0 Å². The molecule has 0 radical (unpaired) electrons. The summed E-state index contributed by atoms with van der Waals surface area (Å²) in [4.78, 5) is 24.3. The number of amides is 1. The molecule has 2 unspecified atom stereocenters. The van der Waals surface area contributed by atoms with Gasteiger partial charge < -0.3 is 10.3 Å². The Kier molecular flexibility index (Phi) is 4.08. The van der Waals surface area contributed by atoms with E-state index in [1.807, 2.05) is 13.8 Å². The van der Waals surface area contributed by atoms with Crippen molar-refractivity contribution in [2.24, 2.45) is 17.7 Å². The van der Waals surface area contributed by atoms with Gasteiger partial charge in [-0.1, -0.05) is 13.8 Å². The van der Waals surface area contributed by atoms with Crippen molar-refractivity contribution in [2.45, 2.75) is 13.8 Å². The molecule has 2 rings (SSSR count). The molecule has 0 saturated carbocycles. The number of carbonyl (C=O) groups excluding carboxylic acids is 1. The Morgan fingerprint density at radius 1 is 1.43 bits per heavy atom. The molecule has 0 aliphatic carbocycles. The molecule has 21 heavy (non-hydrogen) atoms. The molecule has 1 aliphatic heterocycles. The van der Waals surface area contributed by atoms with E-state index in [2.05, 4.69) is 5.43 Å². The molecule has 8 heteroatoms. The van der Waals surface area contributed by atoms with Crippen LogP contribution in [0.2, 0.25) is 0 Å². The van der Waals surface area contributed by atoms with Crippen molar-refractivity contribution in [2.75, 3.05) is 18.5 Å². The number of nitrogens with zero attached hydrogens (tertiary/aromatic N) is 2. The van der Waals surface area contributed by atoms with Gasteiger partial charge in [0, 0.05) is 13.1 Å². The number of anilines is 1. The van der Waals surface area contributed by atoms with Gasteiger partial charge in [-0.25, -0.2) is 4.39 Å². The summed E-state index contributed by atoms with van der Waals surface area (Å²) in [5, 5.41) is 11.0. The van der Waals surface area contributed by atoms with Crippen LogP contribution in [0.5, 0.6) is 0 Å². The molecule has 1 fully saturated rings. The molecule has 1 amide bonds. The summed E-state index contributed by atoms with van der Waals surface area (Å²) < 4.78 is 13.6. The number of hydrogen-bond acceptors (Lipinski definition) is 5. The molecular weight excluding hydrogens is 279 g/mol. The maximum absolute atomic E-state index is 13.6. The zero-order chi connectivity index (χ0) is 15.7. The number of nitro benzene ring substituents is 1. The molecule has 0 aromatic heterocycles. The molecular formula is C13H17FN4O3. The van der Waals surface area contributed by atoms with Gasteiger partial charge in [0.1, 0.15) is 5.56 Å². The topological polar surface area (TPSA) is 102 Å². The highest BCUT2D eigenvalue weighted by atomic mass is 19.1. The van der Waals surface area contributed by atoms with Crippen LogP contribution in [0.1, 0.15) is 24.2 Å². The average Bonchev–Trinajstić information content (AvgIpc) is 2.77. The molecule has 2 atom stereocenters. The van der Waals surface area contributed by atoms with Gasteiger partial charge in [0.15, 0.2) is 5.82 Å². The van der Waals surface area contributed by atoms with E-state index in [1.165, 1.54) is 0 Å². The van der Waals surface area contributed by atoms with Crippen LogP contribution in [0.4, 0.5) is 15.8 Å². The summed E-state index contributed by atoms with van der Waals surface area (Å²) in [5.41, 5.74) is 1.24. The third kappa shape index (κ3) is 2.80. The maximum atomic E-state index is 13.6. The van der Waals surface area contributed by atoms with Gasteiger partial charge in [-0.15, -0.1) is 0 Å². The van der Waals surface area contributed by atoms with E-state index in [9.17, 15) is 19.3 Å². The van der Waals surface area contributed by atoms with Crippen LogP contribution in [-0.2, 0) is 0 Å². The Morgan fingerprint density at radius 2 is 2.00 bits per heavy atom. The van der Waals surface area contributed by atoms with Gasteiger partial charge in [-0.2, -0.15) is 0 Å². The first-order valence-corrected chi connectivity index (χ1v) is 6.59. The van der Waals surface area contributed by atoms with E-state index >= 15 is 0 Å². The zero-order valence-corrected chi connectivity index (χ0v) is 11.8. The van der Waals surface area contributed by atoms with Gasteiger partial charge in [0.25, 0.3) is 11.6 Å². The lowest BCUT2D eigenvalue weighted by molar-refractivity contribution is -0.385. The number of nitrogen functional groups attached to an aromatic ring is 1. The van der Waals surface area contributed by atoms with Crippen LogP contribution in [0, 0.1) is 27.8 Å². The van der Waals surface area contributed by atoms with E-state index in [0.29, 0.717) is 31.0 Å². The number of likely N-dealkylation sites (tertiary alicyclic amines) is 1. The average molecular weight is 296 g/mol. The predicted octanol–water partition coefficient (Wildman–Crippen LogP) is 1.75. The first-order chi connectivity index (χ1) is 9.85. The van der Waals surface area contributed by atoms with Crippen molar-refractivity contribution in [3.63, 3.8) is 0 Å². The second-order valence-electron chi connectivity index (χ2n) is 5.42. The summed E-state index contributed by atoms with van der Waals surface area (Å²) in [6, 6.07) is 1.80. The monoisotopic (exact) mass is 296 g/mol. The number of nitrogens with two attached hydrogens (primary N) is 1. The van der Waals surface area contributed by atoms with Crippen LogP contribution < -0.4 is 11.3 Å². The largest absolute Gasteiger partial charge is 0.338 e. The van der Waals surface area contributed by atoms with E-state index < -0.39 is 22.3 Å². The molecule has 1 aromatic carbocycles. The number of benzene rings is 1. The number of halogens is 1. The third-order valence-corrected chi connectivity index (χ3v) is 3.94. The Labute approximate surface area is 121 Å². The quantitative estimate of drug-likeness (QED) is 0.502. The number of hydrazine groups is 1. The molecule has 1 heterocycles. The fraction of sp³-hybridized carbons (Fsp3) is 0.462. The van der Waals surface area contributed by atoms with Crippen molar-refractivity contribution >= 4 is 17.3 Å². The molecule has 0 spiro atoms. The van der Waals surface area contributed by atoms with Gasteiger partial charge in [0.2, 0.25) is 0 Å². The van der Waals surface area contributed by atoms with Crippen LogP contribution >= 0.6 is 0 Å².